The minimum atomic E-state index is -1.43. The lowest BCUT2D eigenvalue weighted by atomic mass is 9.94. The SMILES string of the molecule is [B]C1OC(CI)C(O)C1F. The van der Waals surface area contributed by atoms with Gasteiger partial charge in [-0.05, 0) is 0 Å². The third-order valence-corrected chi connectivity index (χ3v) is 2.37. The molecule has 1 N–H and O–H groups in total. The smallest absolute Gasteiger partial charge is 0.146 e. The van der Waals surface area contributed by atoms with Crippen LogP contribution in [0, 0.1) is 0 Å². The average Bonchev–Trinajstić information content (AvgIpc) is 2.17. The Kier molecular flexibility index (Phi) is 2.94. The van der Waals surface area contributed by atoms with Gasteiger partial charge in [0.05, 0.1) is 12.1 Å². The molecule has 4 unspecified atom stereocenters. The minimum absolute atomic E-state index is 0.439. The fraction of sp³-hybridized carbons (Fsp3) is 1.00. The van der Waals surface area contributed by atoms with Gasteiger partial charge in [0.1, 0.15) is 20.1 Å². The fourth-order valence-electron chi connectivity index (χ4n) is 0.884. The van der Waals surface area contributed by atoms with Gasteiger partial charge in [0.2, 0.25) is 0 Å². The maximum atomic E-state index is 12.6. The first-order valence-electron chi connectivity index (χ1n) is 2.96. The monoisotopic (exact) mass is 256 g/mol. The number of aliphatic hydroxyl groups is 1. The van der Waals surface area contributed by atoms with E-state index in [1.165, 1.54) is 0 Å². The number of rotatable bonds is 1. The zero-order chi connectivity index (χ0) is 7.72. The molecular formula is C5H7BFIO2. The number of hydrogen-bond donors (Lipinski definition) is 1. The first-order valence-corrected chi connectivity index (χ1v) is 4.48. The summed E-state index contributed by atoms with van der Waals surface area (Å²) in [5.41, 5.74) is 0. The van der Waals surface area contributed by atoms with E-state index in [1.807, 2.05) is 22.6 Å². The normalized spacial score (nSPS) is 47.9. The highest BCUT2D eigenvalue weighted by Gasteiger charge is 2.40. The van der Waals surface area contributed by atoms with Crippen molar-refractivity contribution in [3.05, 3.63) is 0 Å². The molecule has 2 radical (unpaired) electrons. The molecule has 0 aliphatic carbocycles. The van der Waals surface area contributed by atoms with Gasteiger partial charge in [-0.1, -0.05) is 22.6 Å². The van der Waals surface area contributed by atoms with E-state index in [-0.39, 0.29) is 0 Å². The highest BCUT2D eigenvalue weighted by Crippen LogP contribution is 2.23. The van der Waals surface area contributed by atoms with Crippen molar-refractivity contribution >= 4 is 30.4 Å². The Morgan fingerprint density at radius 2 is 2.30 bits per heavy atom. The van der Waals surface area contributed by atoms with Crippen LogP contribution in [0.5, 0.6) is 0 Å². The second kappa shape index (κ2) is 3.36. The molecular weight excluding hydrogens is 249 g/mol. The topological polar surface area (TPSA) is 29.5 Å². The second-order valence-electron chi connectivity index (χ2n) is 2.23. The van der Waals surface area contributed by atoms with Crippen molar-refractivity contribution in [1.82, 2.24) is 0 Å². The molecule has 0 aromatic rings. The third kappa shape index (κ3) is 1.45. The minimum Gasteiger partial charge on any atom is -0.387 e. The van der Waals surface area contributed by atoms with E-state index in [1.54, 1.807) is 0 Å². The molecule has 1 aliphatic rings. The van der Waals surface area contributed by atoms with Gasteiger partial charge in [-0.3, -0.25) is 0 Å². The quantitative estimate of drug-likeness (QED) is 0.407. The van der Waals surface area contributed by atoms with Gasteiger partial charge in [0, 0.05) is 4.43 Å². The Bertz CT molecular complexity index is 126. The van der Waals surface area contributed by atoms with E-state index in [2.05, 4.69) is 0 Å². The van der Waals surface area contributed by atoms with Gasteiger partial charge in [-0.2, -0.15) is 0 Å². The number of alkyl halides is 2. The molecule has 0 saturated carbocycles. The predicted molar refractivity (Wildman–Crippen MR) is 44.2 cm³/mol. The molecule has 0 bridgehead atoms. The number of hydrogen-bond acceptors (Lipinski definition) is 2. The van der Waals surface area contributed by atoms with Crippen molar-refractivity contribution in [3.8, 4) is 0 Å². The van der Waals surface area contributed by atoms with Crippen LogP contribution in [-0.2, 0) is 4.74 Å². The lowest BCUT2D eigenvalue weighted by Gasteiger charge is -2.09. The van der Waals surface area contributed by atoms with E-state index < -0.39 is 24.4 Å². The first kappa shape index (κ1) is 8.74. The summed E-state index contributed by atoms with van der Waals surface area (Å²) in [5.74, 6) is 0. The van der Waals surface area contributed by atoms with Crippen molar-refractivity contribution in [3.63, 3.8) is 0 Å². The van der Waals surface area contributed by atoms with Gasteiger partial charge < -0.3 is 9.84 Å². The molecule has 2 nitrogen and oxygen atoms in total. The Labute approximate surface area is 73.7 Å². The molecule has 1 heterocycles. The van der Waals surface area contributed by atoms with Crippen LogP contribution < -0.4 is 0 Å². The Hall–Kier alpha value is 0.645. The summed E-state index contributed by atoms with van der Waals surface area (Å²) in [5, 5.41) is 9.04. The molecule has 0 spiro atoms. The summed E-state index contributed by atoms with van der Waals surface area (Å²) in [7, 11) is 5.17. The van der Waals surface area contributed by atoms with E-state index in [4.69, 9.17) is 17.7 Å². The molecule has 0 amide bonds. The van der Waals surface area contributed by atoms with Crippen molar-refractivity contribution in [2.24, 2.45) is 0 Å². The summed E-state index contributed by atoms with van der Waals surface area (Å²) in [6.07, 6.45) is -2.92. The average molecular weight is 256 g/mol. The van der Waals surface area contributed by atoms with Crippen LogP contribution in [0.3, 0.4) is 0 Å². The van der Waals surface area contributed by atoms with Gasteiger partial charge >= 0.3 is 0 Å². The van der Waals surface area contributed by atoms with Crippen molar-refractivity contribution in [1.29, 1.82) is 0 Å². The van der Waals surface area contributed by atoms with Crippen LogP contribution in [0.2, 0.25) is 0 Å². The predicted octanol–water partition coefficient (Wildman–Crippen LogP) is 0.0138. The summed E-state index contributed by atoms with van der Waals surface area (Å²) in [6.45, 7) is 0. The fourth-order valence-corrected chi connectivity index (χ4v) is 1.61. The van der Waals surface area contributed by atoms with E-state index in [0.717, 1.165) is 0 Å². The molecule has 0 aromatic carbocycles. The first-order chi connectivity index (χ1) is 4.66. The standard InChI is InChI=1S/C5H7BFIO2/c6-5-3(7)4(9)2(1-8)10-5/h2-5,9H,1H2. The van der Waals surface area contributed by atoms with E-state index in [9.17, 15) is 4.39 Å². The lowest BCUT2D eigenvalue weighted by Crippen LogP contribution is -2.29. The summed E-state index contributed by atoms with van der Waals surface area (Å²) >= 11 is 2.02. The Morgan fingerprint density at radius 1 is 1.70 bits per heavy atom. The largest absolute Gasteiger partial charge is 0.387 e. The lowest BCUT2D eigenvalue weighted by molar-refractivity contribution is 0.0480. The third-order valence-electron chi connectivity index (χ3n) is 1.51. The molecule has 5 heteroatoms. The van der Waals surface area contributed by atoms with Crippen molar-refractivity contribution in [2.45, 2.75) is 24.4 Å². The van der Waals surface area contributed by atoms with Crippen LogP contribution in [0.25, 0.3) is 0 Å². The van der Waals surface area contributed by atoms with Gasteiger partial charge in [-0.15, -0.1) is 0 Å². The van der Waals surface area contributed by atoms with Crippen molar-refractivity contribution in [2.75, 3.05) is 4.43 Å². The van der Waals surface area contributed by atoms with Gasteiger partial charge in [-0.25, -0.2) is 4.39 Å². The van der Waals surface area contributed by atoms with Crippen LogP contribution in [0.15, 0.2) is 0 Å². The van der Waals surface area contributed by atoms with Crippen molar-refractivity contribution < 1.29 is 14.2 Å². The van der Waals surface area contributed by atoms with Crippen LogP contribution in [-0.4, -0.2) is 41.8 Å². The maximum Gasteiger partial charge on any atom is 0.146 e. The molecule has 4 atom stereocenters. The number of halogens is 2. The van der Waals surface area contributed by atoms with Gasteiger partial charge in [0.15, 0.2) is 0 Å². The molecule has 1 rings (SSSR count). The molecule has 56 valence electrons. The molecule has 10 heavy (non-hydrogen) atoms. The summed E-state index contributed by atoms with van der Waals surface area (Å²) in [4.78, 5) is 0. The van der Waals surface area contributed by atoms with E-state index >= 15 is 0 Å². The molecule has 1 aliphatic heterocycles. The highest BCUT2D eigenvalue weighted by atomic mass is 127. The van der Waals surface area contributed by atoms with Gasteiger partial charge in [0.25, 0.3) is 0 Å². The summed E-state index contributed by atoms with van der Waals surface area (Å²) in [6, 6.07) is -0.949. The van der Waals surface area contributed by atoms with Crippen LogP contribution >= 0.6 is 22.6 Å². The Morgan fingerprint density at radius 3 is 2.50 bits per heavy atom. The highest BCUT2D eigenvalue weighted by molar-refractivity contribution is 14.1. The molecule has 0 aromatic heterocycles. The van der Waals surface area contributed by atoms with Crippen LogP contribution in [0.4, 0.5) is 4.39 Å². The number of aliphatic hydroxyl groups excluding tert-OH is 1. The van der Waals surface area contributed by atoms with Crippen LogP contribution in [0.1, 0.15) is 0 Å². The molecule has 1 saturated heterocycles. The zero-order valence-electron chi connectivity index (χ0n) is 5.21. The summed E-state index contributed by atoms with van der Waals surface area (Å²) < 4.78 is 18.1. The number of ether oxygens (including phenoxy) is 1. The maximum absolute atomic E-state index is 12.6. The van der Waals surface area contributed by atoms with E-state index in [0.29, 0.717) is 4.43 Å². The zero-order valence-corrected chi connectivity index (χ0v) is 7.36. The Balaban J connectivity index is 2.53. The molecule has 1 fully saturated rings. The second-order valence-corrected chi connectivity index (χ2v) is 3.11.